The zero-order valence-corrected chi connectivity index (χ0v) is 19.9. The van der Waals surface area contributed by atoms with Crippen molar-refractivity contribution < 1.29 is 12.7 Å². The molecular weight excluding hydrogens is 469 g/mol. The summed E-state index contributed by atoms with van der Waals surface area (Å²) < 4.78 is 32.7. The summed E-state index contributed by atoms with van der Waals surface area (Å²) in [5.41, 5.74) is 1.98. The van der Waals surface area contributed by atoms with Gasteiger partial charge in [0.1, 0.15) is 4.90 Å². The summed E-state index contributed by atoms with van der Waals surface area (Å²) in [5.74, 6) is 0.0454. The molecule has 1 saturated carbocycles. The molecule has 2 aromatic carbocycles. The Morgan fingerprint density at radius 2 is 1.62 bits per heavy atom. The van der Waals surface area contributed by atoms with Gasteiger partial charge in [0, 0.05) is 5.92 Å². The standard InChI is InChI=1S/C24H23Cl2NO4S/c1-16-14-22(17-8-4-2-5-9-17)27(24(28)23(16)18-10-6-3-7-11-18)31-32(29,30)19-12-13-20(25)21(26)15-19/h3,6-7,10-15,17H,2,4-5,8-9H2,1H3. The average Bonchev–Trinajstić information content (AvgIpc) is 2.78. The van der Waals surface area contributed by atoms with Gasteiger partial charge in [-0.3, -0.25) is 9.08 Å². The van der Waals surface area contributed by atoms with E-state index >= 15 is 0 Å². The molecule has 1 aliphatic carbocycles. The van der Waals surface area contributed by atoms with Crippen LogP contribution in [0.2, 0.25) is 10.0 Å². The summed E-state index contributed by atoms with van der Waals surface area (Å²) in [5, 5.41) is 0.317. The Balaban J connectivity index is 1.88. The van der Waals surface area contributed by atoms with Crippen LogP contribution in [0.5, 0.6) is 0 Å². The van der Waals surface area contributed by atoms with Crippen LogP contribution in [0.4, 0.5) is 0 Å². The number of aryl methyl sites for hydroxylation is 1. The highest BCUT2D eigenvalue weighted by Gasteiger charge is 2.27. The fourth-order valence-electron chi connectivity index (χ4n) is 4.23. The number of aromatic nitrogens is 1. The van der Waals surface area contributed by atoms with Gasteiger partial charge in [-0.25, -0.2) is 0 Å². The highest BCUT2D eigenvalue weighted by molar-refractivity contribution is 7.87. The monoisotopic (exact) mass is 491 g/mol. The van der Waals surface area contributed by atoms with E-state index in [2.05, 4.69) is 0 Å². The molecule has 1 fully saturated rings. The van der Waals surface area contributed by atoms with Gasteiger partial charge < -0.3 is 0 Å². The molecule has 1 aromatic heterocycles. The summed E-state index contributed by atoms with van der Waals surface area (Å²) in [6.45, 7) is 1.87. The van der Waals surface area contributed by atoms with Gasteiger partial charge in [-0.15, -0.1) is 4.73 Å². The van der Waals surface area contributed by atoms with Crippen LogP contribution in [-0.2, 0) is 10.1 Å². The van der Waals surface area contributed by atoms with Crippen LogP contribution in [0.15, 0.2) is 64.3 Å². The second-order valence-electron chi connectivity index (χ2n) is 8.03. The first-order chi connectivity index (χ1) is 15.3. The highest BCUT2D eigenvalue weighted by atomic mass is 35.5. The number of pyridine rings is 1. The smallest absolute Gasteiger partial charge is 0.280 e. The Kier molecular flexibility index (Phi) is 6.65. The quantitative estimate of drug-likeness (QED) is 0.439. The molecule has 0 aliphatic heterocycles. The van der Waals surface area contributed by atoms with E-state index in [0.29, 0.717) is 16.8 Å². The molecule has 8 heteroatoms. The number of hydrogen-bond acceptors (Lipinski definition) is 4. The van der Waals surface area contributed by atoms with E-state index in [1.807, 2.05) is 43.3 Å². The topological polar surface area (TPSA) is 65.4 Å². The Morgan fingerprint density at radius 1 is 0.938 bits per heavy atom. The third-order valence-electron chi connectivity index (χ3n) is 5.83. The molecule has 5 nitrogen and oxygen atoms in total. The van der Waals surface area contributed by atoms with Gasteiger partial charge in [0.05, 0.1) is 21.3 Å². The minimum Gasteiger partial charge on any atom is -0.280 e. The van der Waals surface area contributed by atoms with Crippen LogP contribution in [0.25, 0.3) is 11.1 Å². The lowest BCUT2D eigenvalue weighted by Crippen LogP contribution is -2.36. The van der Waals surface area contributed by atoms with E-state index in [1.165, 1.54) is 18.2 Å². The molecule has 0 amide bonds. The molecule has 168 valence electrons. The predicted molar refractivity (Wildman–Crippen MR) is 127 cm³/mol. The normalized spacial score (nSPS) is 15.0. The summed E-state index contributed by atoms with van der Waals surface area (Å²) >= 11 is 11.9. The molecule has 0 radical (unpaired) electrons. The van der Waals surface area contributed by atoms with Gasteiger partial charge in [-0.1, -0.05) is 72.8 Å². The number of halogens is 2. The third kappa shape index (κ3) is 4.58. The molecule has 4 rings (SSSR count). The zero-order chi connectivity index (χ0) is 22.9. The lowest BCUT2D eigenvalue weighted by Gasteiger charge is -2.25. The molecule has 0 spiro atoms. The van der Waals surface area contributed by atoms with E-state index in [9.17, 15) is 13.2 Å². The lowest BCUT2D eigenvalue weighted by molar-refractivity contribution is 0.242. The minimum absolute atomic E-state index is 0.0454. The van der Waals surface area contributed by atoms with Crippen LogP contribution < -0.4 is 9.84 Å². The van der Waals surface area contributed by atoms with Crippen molar-refractivity contribution in [1.29, 1.82) is 0 Å². The van der Waals surface area contributed by atoms with E-state index < -0.39 is 15.7 Å². The maximum atomic E-state index is 13.6. The second kappa shape index (κ2) is 9.30. The third-order valence-corrected chi connectivity index (χ3v) is 7.75. The number of benzene rings is 2. The van der Waals surface area contributed by atoms with Gasteiger partial charge >= 0.3 is 10.1 Å². The van der Waals surface area contributed by atoms with Gasteiger partial charge in [0.2, 0.25) is 0 Å². The molecule has 32 heavy (non-hydrogen) atoms. The van der Waals surface area contributed by atoms with Crippen molar-refractivity contribution in [3.05, 3.63) is 86.3 Å². The predicted octanol–water partition coefficient (Wildman–Crippen LogP) is 6.00. The van der Waals surface area contributed by atoms with Crippen LogP contribution in [-0.4, -0.2) is 13.1 Å². The second-order valence-corrected chi connectivity index (χ2v) is 10.4. The molecule has 0 atom stereocenters. The highest BCUT2D eigenvalue weighted by Crippen LogP contribution is 2.34. The van der Waals surface area contributed by atoms with Gasteiger partial charge in [0.15, 0.2) is 0 Å². The summed E-state index contributed by atoms with van der Waals surface area (Å²) in [6, 6.07) is 15.0. The van der Waals surface area contributed by atoms with Crippen molar-refractivity contribution >= 4 is 33.3 Å². The average molecular weight is 492 g/mol. The maximum absolute atomic E-state index is 13.6. The minimum atomic E-state index is -4.33. The molecule has 1 heterocycles. The fraction of sp³-hybridized carbons (Fsp3) is 0.292. The number of rotatable bonds is 5. The molecular formula is C24H23Cl2NO4S. The lowest BCUT2D eigenvalue weighted by atomic mass is 9.85. The van der Waals surface area contributed by atoms with Crippen LogP contribution in [0.1, 0.15) is 49.3 Å². The number of hydrogen-bond donors (Lipinski definition) is 0. The summed E-state index contributed by atoms with van der Waals surface area (Å²) in [7, 11) is -4.33. The molecule has 0 bridgehead atoms. The van der Waals surface area contributed by atoms with E-state index in [0.717, 1.165) is 42.4 Å². The molecule has 0 unspecified atom stereocenters. The first kappa shape index (κ1) is 22.9. The van der Waals surface area contributed by atoms with Crippen molar-refractivity contribution in [2.45, 2.75) is 49.8 Å². The maximum Gasteiger partial charge on any atom is 0.357 e. The molecule has 0 saturated heterocycles. The van der Waals surface area contributed by atoms with Crippen molar-refractivity contribution in [2.24, 2.45) is 0 Å². The van der Waals surface area contributed by atoms with Crippen LogP contribution in [0.3, 0.4) is 0 Å². The summed E-state index contributed by atoms with van der Waals surface area (Å²) in [6.07, 6.45) is 4.93. The first-order valence-electron chi connectivity index (χ1n) is 10.5. The summed E-state index contributed by atoms with van der Waals surface area (Å²) in [4.78, 5) is 13.4. The molecule has 0 N–H and O–H groups in total. The largest absolute Gasteiger partial charge is 0.357 e. The van der Waals surface area contributed by atoms with Crippen molar-refractivity contribution in [3.63, 3.8) is 0 Å². The van der Waals surface area contributed by atoms with Crippen molar-refractivity contribution in [2.75, 3.05) is 0 Å². The van der Waals surface area contributed by atoms with Crippen LogP contribution >= 0.6 is 23.2 Å². The fourth-order valence-corrected chi connectivity index (χ4v) is 5.52. The van der Waals surface area contributed by atoms with E-state index in [4.69, 9.17) is 27.5 Å². The zero-order valence-electron chi connectivity index (χ0n) is 17.6. The van der Waals surface area contributed by atoms with E-state index in [-0.39, 0.29) is 20.9 Å². The first-order valence-corrected chi connectivity index (χ1v) is 12.7. The van der Waals surface area contributed by atoms with Crippen LogP contribution in [0, 0.1) is 6.92 Å². The Labute approximate surface area is 197 Å². The Bertz CT molecular complexity index is 1300. The molecule has 1 aliphatic rings. The Morgan fingerprint density at radius 3 is 2.28 bits per heavy atom. The van der Waals surface area contributed by atoms with Crippen molar-refractivity contribution in [3.8, 4) is 11.1 Å². The number of nitrogens with zero attached hydrogens (tertiary/aromatic N) is 1. The van der Waals surface area contributed by atoms with E-state index in [1.54, 1.807) is 0 Å². The van der Waals surface area contributed by atoms with Gasteiger partial charge in [0.25, 0.3) is 5.56 Å². The van der Waals surface area contributed by atoms with Gasteiger partial charge in [-0.05, 0) is 55.2 Å². The van der Waals surface area contributed by atoms with Gasteiger partial charge in [-0.2, -0.15) is 8.42 Å². The Hall–Kier alpha value is -2.28. The SMILES string of the molecule is Cc1cc(C2CCCCC2)n(OS(=O)(=O)c2ccc(Cl)c(Cl)c2)c(=O)c1-c1ccccc1. The molecule has 3 aromatic rings. The van der Waals surface area contributed by atoms with Crippen molar-refractivity contribution in [1.82, 2.24) is 4.73 Å².